The Labute approximate surface area is 210 Å². The number of nitrogens with zero attached hydrogens (tertiary/aromatic N) is 2. The van der Waals surface area contributed by atoms with Gasteiger partial charge in [0.15, 0.2) is 5.82 Å². The van der Waals surface area contributed by atoms with Gasteiger partial charge in [0.1, 0.15) is 24.6 Å². The van der Waals surface area contributed by atoms with Crippen molar-refractivity contribution in [3.63, 3.8) is 0 Å². The molecule has 9 nitrogen and oxygen atoms in total. The summed E-state index contributed by atoms with van der Waals surface area (Å²) in [5.41, 5.74) is 1.10. The predicted molar refractivity (Wildman–Crippen MR) is 131 cm³/mol. The van der Waals surface area contributed by atoms with E-state index in [1.165, 1.54) is 11.0 Å². The van der Waals surface area contributed by atoms with Crippen molar-refractivity contribution in [3.8, 4) is 5.75 Å². The van der Waals surface area contributed by atoms with E-state index in [2.05, 4.69) is 13.8 Å². The normalized spacial score (nSPS) is 18.8. The minimum Gasteiger partial charge on any atom is -0.487 e. The van der Waals surface area contributed by atoms with E-state index in [0.717, 1.165) is 18.4 Å². The Balaban J connectivity index is 1.74. The molecular weight excluding hydrogens is 489 g/mol. The summed E-state index contributed by atoms with van der Waals surface area (Å²) in [5.74, 6) is -1.20. The highest BCUT2D eigenvalue weighted by Crippen LogP contribution is 2.41. The topological polar surface area (TPSA) is 116 Å². The molecule has 4 rings (SSSR count). The zero-order valence-corrected chi connectivity index (χ0v) is 21.1. The van der Waals surface area contributed by atoms with Gasteiger partial charge in [0.05, 0.1) is 0 Å². The SMILES string of the molecule is CC(C)CCC[C@H]1Cc2c(cc(OCc3ccccc3)c(N3CC(=O)NS3(=O)=O)c2F)CN1C(=O)O. The van der Waals surface area contributed by atoms with Crippen molar-refractivity contribution in [1.29, 1.82) is 0 Å². The van der Waals surface area contributed by atoms with Crippen LogP contribution in [0.1, 0.15) is 49.8 Å². The summed E-state index contributed by atoms with van der Waals surface area (Å²) in [6.45, 7) is 3.58. The van der Waals surface area contributed by atoms with Crippen LogP contribution in [0, 0.1) is 11.7 Å². The number of halogens is 1. The number of amides is 2. The third kappa shape index (κ3) is 5.40. The molecular formula is C25H30FN3O6S. The van der Waals surface area contributed by atoms with Crippen LogP contribution in [0.2, 0.25) is 0 Å². The number of nitrogens with one attached hydrogen (secondary N) is 1. The number of benzene rings is 2. The second kappa shape index (κ2) is 10.3. The first-order valence-corrected chi connectivity index (χ1v) is 13.3. The van der Waals surface area contributed by atoms with Gasteiger partial charge in [-0.1, -0.05) is 57.0 Å². The molecule has 2 aromatic rings. The zero-order chi connectivity index (χ0) is 26.0. The second-order valence-electron chi connectivity index (χ2n) is 9.58. The van der Waals surface area contributed by atoms with Gasteiger partial charge in [-0.2, -0.15) is 8.42 Å². The van der Waals surface area contributed by atoms with Crippen LogP contribution in [-0.2, 0) is 34.6 Å². The van der Waals surface area contributed by atoms with E-state index >= 15 is 4.39 Å². The van der Waals surface area contributed by atoms with Crippen LogP contribution >= 0.6 is 0 Å². The molecule has 1 fully saturated rings. The second-order valence-corrected chi connectivity index (χ2v) is 11.2. The first-order chi connectivity index (χ1) is 17.1. The first kappa shape index (κ1) is 25.7. The van der Waals surface area contributed by atoms with Crippen LogP contribution in [-0.4, -0.2) is 43.0 Å². The van der Waals surface area contributed by atoms with Gasteiger partial charge in [-0.05, 0) is 41.5 Å². The molecule has 0 unspecified atom stereocenters. The van der Waals surface area contributed by atoms with Gasteiger partial charge in [0, 0.05) is 12.6 Å². The van der Waals surface area contributed by atoms with E-state index in [0.29, 0.717) is 22.2 Å². The Morgan fingerprint density at radius 1 is 1.25 bits per heavy atom. The molecule has 2 heterocycles. The highest BCUT2D eigenvalue weighted by atomic mass is 32.2. The fourth-order valence-electron chi connectivity index (χ4n) is 4.69. The third-order valence-electron chi connectivity index (χ3n) is 6.49. The van der Waals surface area contributed by atoms with Crippen molar-refractivity contribution in [1.82, 2.24) is 9.62 Å². The first-order valence-electron chi connectivity index (χ1n) is 11.9. The van der Waals surface area contributed by atoms with Gasteiger partial charge in [0.2, 0.25) is 0 Å². The summed E-state index contributed by atoms with van der Waals surface area (Å²) in [7, 11) is -4.30. The summed E-state index contributed by atoms with van der Waals surface area (Å²) in [4.78, 5) is 25.2. The molecule has 2 aliphatic heterocycles. The quantitative estimate of drug-likeness (QED) is 0.548. The smallest absolute Gasteiger partial charge is 0.407 e. The molecule has 0 radical (unpaired) electrons. The van der Waals surface area contributed by atoms with Crippen molar-refractivity contribution in [2.24, 2.45) is 5.92 Å². The Bertz CT molecular complexity index is 1250. The average molecular weight is 520 g/mol. The lowest BCUT2D eigenvalue weighted by atomic mass is 9.89. The molecule has 194 valence electrons. The van der Waals surface area contributed by atoms with Gasteiger partial charge < -0.3 is 14.7 Å². The number of carbonyl (C=O) groups excluding carboxylic acids is 1. The van der Waals surface area contributed by atoms with Gasteiger partial charge in [0.25, 0.3) is 5.91 Å². The summed E-state index contributed by atoms with van der Waals surface area (Å²) in [6.07, 6.45) is 1.27. The zero-order valence-electron chi connectivity index (χ0n) is 20.2. The molecule has 0 aromatic heterocycles. The fourth-order valence-corrected chi connectivity index (χ4v) is 5.85. The third-order valence-corrected chi connectivity index (χ3v) is 7.87. The molecule has 0 bridgehead atoms. The lowest BCUT2D eigenvalue weighted by Gasteiger charge is -2.36. The van der Waals surface area contributed by atoms with Crippen LogP contribution in [0.4, 0.5) is 14.9 Å². The van der Waals surface area contributed by atoms with Crippen LogP contribution in [0.5, 0.6) is 5.75 Å². The maximum Gasteiger partial charge on any atom is 0.407 e. The molecule has 1 saturated heterocycles. The number of carbonyl (C=O) groups is 2. The summed E-state index contributed by atoms with van der Waals surface area (Å²) < 4.78 is 49.8. The Morgan fingerprint density at radius 3 is 2.58 bits per heavy atom. The molecule has 0 saturated carbocycles. The van der Waals surface area contributed by atoms with E-state index in [1.807, 2.05) is 22.9 Å². The van der Waals surface area contributed by atoms with E-state index in [9.17, 15) is 23.1 Å². The van der Waals surface area contributed by atoms with E-state index < -0.39 is 40.6 Å². The van der Waals surface area contributed by atoms with Crippen molar-refractivity contribution in [2.45, 2.75) is 58.7 Å². The minimum absolute atomic E-state index is 0.0296. The summed E-state index contributed by atoms with van der Waals surface area (Å²) in [6, 6.07) is 10.1. The van der Waals surface area contributed by atoms with Gasteiger partial charge >= 0.3 is 16.3 Å². The number of anilines is 1. The fraction of sp³-hybridized carbons (Fsp3) is 0.440. The molecule has 0 aliphatic carbocycles. The number of fused-ring (bicyclic) bond motifs is 1. The highest BCUT2D eigenvalue weighted by molar-refractivity contribution is 7.92. The van der Waals surface area contributed by atoms with E-state index in [-0.39, 0.29) is 36.6 Å². The molecule has 36 heavy (non-hydrogen) atoms. The predicted octanol–water partition coefficient (Wildman–Crippen LogP) is 3.82. The summed E-state index contributed by atoms with van der Waals surface area (Å²) in [5, 5.41) is 9.83. The lowest BCUT2D eigenvalue weighted by molar-refractivity contribution is -0.117. The Hall–Kier alpha value is -3.34. The van der Waals surface area contributed by atoms with Crippen LogP contribution in [0.15, 0.2) is 36.4 Å². The number of ether oxygens (including phenoxy) is 1. The van der Waals surface area contributed by atoms with E-state index in [4.69, 9.17) is 4.74 Å². The number of hydrogen-bond acceptors (Lipinski definition) is 5. The maximum absolute atomic E-state index is 16.1. The molecule has 1 atom stereocenters. The number of carboxylic acid groups (broad SMARTS) is 1. The molecule has 2 aromatic carbocycles. The average Bonchev–Trinajstić information content (AvgIpc) is 3.09. The molecule has 2 N–H and O–H groups in total. The van der Waals surface area contributed by atoms with Crippen molar-refractivity contribution >= 4 is 27.9 Å². The van der Waals surface area contributed by atoms with Crippen LogP contribution in [0.25, 0.3) is 0 Å². The van der Waals surface area contributed by atoms with Crippen molar-refractivity contribution < 1.29 is 32.2 Å². The maximum atomic E-state index is 16.1. The molecule has 11 heteroatoms. The summed E-state index contributed by atoms with van der Waals surface area (Å²) >= 11 is 0. The number of hydrogen-bond donors (Lipinski definition) is 2. The molecule has 2 aliphatic rings. The minimum atomic E-state index is -4.30. The van der Waals surface area contributed by atoms with Crippen molar-refractivity contribution in [3.05, 3.63) is 58.9 Å². The lowest BCUT2D eigenvalue weighted by Crippen LogP contribution is -2.44. The van der Waals surface area contributed by atoms with Crippen molar-refractivity contribution in [2.75, 3.05) is 10.8 Å². The highest BCUT2D eigenvalue weighted by Gasteiger charge is 2.40. The van der Waals surface area contributed by atoms with Crippen LogP contribution in [0.3, 0.4) is 0 Å². The largest absolute Gasteiger partial charge is 0.487 e. The van der Waals surface area contributed by atoms with Gasteiger partial charge in [-0.15, -0.1) is 0 Å². The molecule has 0 spiro atoms. The van der Waals surface area contributed by atoms with E-state index in [1.54, 1.807) is 12.1 Å². The standard InChI is InChI=1S/C25H30FN3O6S/c1-16(2)7-6-10-19-12-20-18(13-28(19)25(31)32)11-21(35-15-17-8-4-3-5-9-17)24(23(20)26)29-14-22(30)27-36(29,33)34/h3-5,8-9,11,16,19H,6-7,10,12-15H2,1-2H3,(H,27,30)(H,31,32)/t19-/m0/s1. The van der Waals surface area contributed by atoms with Crippen LogP contribution < -0.4 is 13.8 Å². The molecule has 2 amide bonds. The Kier molecular flexibility index (Phi) is 7.39. The van der Waals surface area contributed by atoms with Gasteiger partial charge in [-0.3, -0.25) is 4.79 Å². The number of rotatable bonds is 8. The monoisotopic (exact) mass is 519 g/mol. The van der Waals surface area contributed by atoms with Gasteiger partial charge in [-0.25, -0.2) is 18.2 Å². The Morgan fingerprint density at radius 2 is 1.97 bits per heavy atom.